The highest BCUT2D eigenvalue weighted by Gasteiger charge is 2.35. The Labute approximate surface area is 240 Å². The molecule has 2 fully saturated rings. The van der Waals surface area contributed by atoms with Crippen molar-refractivity contribution in [3.8, 4) is 0 Å². The van der Waals surface area contributed by atoms with Crippen LogP contribution in [0.15, 0.2) is 52.9 Å². The number of fused-ring (bicyclic) bond motifs is 1. The number of furan rings is 1. The van der Waals surface area contributed by atoms with E-state index in [-0.39, 0.29) is 23.5 Å². The van der Waals surface area contributed by atoms with E-state index < -0.39 is 5.97 Å². The number of nitrogens with zero attached hydrogens (tertiary/aromatic N) is 3. The topological polar surface area (TPSA) is 112 Å². The lowest BCUT2D eigenvalue weighted by Gasteiger charge is -2.39. The molecule has 4 heterocycles. The smallest absolute Gasteiger partial charge is 0.335 e. The Hall–Kier alpha value is -3.37. The van der Waals surface area contributed by atoms with Crippen molar-refractivity contribution in [1.82, 2.24) is 19.8 Å². The Morgan fingerprint density at radius 3 is 2.58 bits per heavy atom. The second kappa shape index (κ2) is 11.2. The van der Waals surface area contributed by atoms with Crippen LogP contribution in [0.25, 0.3) is 11.0 Å². The molecule has 2 saturated heterocycles. The van der Waals surface area contributed by atoms with Crippen molar-refractivity contribution >= 4 is 46.1 Å². The van der Waals surface area contributed by atoms with E-state index in [0.717, 1.165) is 36.5 Å². The van der Waals surface area contributed by atoms with Crippen LogP contribution < -0.4 is 0 Å². The first kappa shape index (κ1) is 26.8. The second-order valence-electron chi connectivity index (χ2n) is 10.2. The van der Waals surface area contributed by atoms with E-state index in [1.807, 2.05) is 17.0 Å². The van der Waals surface area contributed by atoms with E-state index in [1.165, 1.54) is 0 Å². The summed E-state index contributed by atoms with van der Waals surface area (Å²) in [6, 6.07) is 13.8. The molecule has 1 amide bonds. The van der Waals surface area contributed by atoms with E-state index >= 15 is 0 Å². The third-order valence-electron chi connectivity index (χ3n) is 7.65. The molecule has 208 valence electrons. The fourth-order valence-corrected chi connectivity index (χ4v) is 5.77. The lowest BCUT2D eigenvalue weighted by atomic mass is 9.94. The first-order chi connectivity index (χ1) is 19.3. The normalized spacial score (nSPS) is 18.6. The number of carboxylic acids is 1. The highest BCUT2D eigenvalue weighted by atomic mass is 35.5. The third-order valence-corrected chi connectivity index (χ3v) is 8.24. The van der Waals surface area contributed by atoms with Gasteiger partial charge in [0.1, 0.15) is 11.6 Å². The van der Waals surface area contributed by atoms with Crippen LogP contribution in [0.1, 0.15) is 50.4 Å². The number of imidazole rings is 1. The zero-order valence-electron chi connectivity index (χ0n) is 21.6. The minimum absolute atomic E-state index is 0.0176. The number of amides is 1. The number of benzene rings is 2. The van der Waals surface area contributed by atoms with Crippen molar-refractivity contribution in [3.05, 3.63) is 87.0 Å². The number of aromatic carboxylic acids is 1. The first-order valence-corrected chi connectivity index (χ1v) is 14.0. The van der Waals surface area contributed by atoms with Crippen LogP contribution in [0.4, 0.5) is 0 Å². The number of piperazine rings is 1. The number of carboxylic acid groups (broad SMARTS) is 1. The highest BCUT2D eigenvalue weighted by molar-refractivity contribution is 6.35. The zero-order chi connectivity index (χ0) is 27.8. The maximum Gasteiger partial charge on any atom is 0.335 e. The van der Waals surface area contributed by atoms with Gasteiger partial charge in [-0.1, -0.05) is 29.3 Å². The summed E-state index contributed by atoms with van der Waals surface area (Å²) >= 11 is 12.3. The van der Waals surface area contributed by atoms with Gasteiger partial charge in [-0.3, -0.25) is 9.69 Å². The molecule has 0 spiro atoms. The van der Waals surface area contributed by atoms with Crippen molar-refractivity contribution in [1.29, 1.82) is 0 Å². The van der Waals surface area contributed by atoms with Crippen molar-refractivity contribution in [2.75, 3.05) is 39.3 Å². The molecular formula is C29H28Cl2N4O5. The second-order valence-corrected chi connectivity index (χ2v) is 11.1. The van der Waals surface area contributed by atoms with Crippen LogP contribution in [0.2, 0.25) is 10.0 Å². The van der Waals surface area contributed by atoms with Gasteiger partial charge in [-0.25, -0.2) is 9.78 Å². The van der Waals surface area contributed by atoms with Crippen LogP contribution in [-0.4, -0.2) is 82.2 Å². The molecule has 2 aliphatic heterocycles. The summed E-state index contributed by atoms with van der Waals surface area (Å²) in [6.07, 6.45) is 1.47. The Bertz CT molecular complexity index is 1560. The number of H-pyrrole nitrogens is 1. The summed E-state index contributed by atoms with van der Waals surface area (Å²) in [4.78, 5) is 36.8. The monoisotopic (exact) mass is 582 g/mol. The molecule has 2 aromatic heterocycles. The van der Waals surface area contributed by atoms with Gasteiger partial charge < -0.3 is 24.1 Å². The van der Waals surface area contributed by atoms with Crippen molar-refractivity contribution in [2.45, 2.75) is 24.9 Å². The maximum absolute atomic E-state index is 13.2. The Morgan fingerprint density at radius 2 is 1.88 bits per heavy atom. The summed E-state index contributed by atoms with van der Waals surface area (Å²) < 4.78 is 11.7. The maximum atomic E-state index is 13.2. The Kier molecular flexibility index (Phi) is 7.55. The lowest BCUT2D eigenvalue weighted by Crippen LogP contribution is -2.51. The van der Waals surface area contributed by atoms with Crippen LogP contribution >= 0.6 is 23.2 Å². The van der Waals surface area contributed by atoms with Crippen molar-refractivity contribution in [3.63, 3.8) is 0 Å². The van der Waals surface area contributed by atoms with Crippen LogP contribution in [-0.2, 0) is 11.2 Å². The molecule has 40 heavy (non-hydrogen) atoms. The fraction of sp³-hybridized carbons (Fsp3) is 0.345. The van der Waals surface area contributed by atoms with Crippen molar-refractivity contribution < 1.29 is 23.8 Å². The summed E-state index contributed by atoms with van der Waals surface area (Å²) in [7, 11) is 0. The number of aromatic nitrogens is 2. The largest absolute Gasteiger partial charge is 0.478 e. The number of rotatable bonds is 8. The fourth-order valence-electron chi connectivity index (χ4n) is 5.30. The minimum Gasteiger partial charge on any atom is -0.478 e. The van der Waals surface area contributed by atoms with Gasteiger partial charge in [0.25, 0.3) is 5.91 Å². The molecular weight excluding hydrogens is 555 g/mol. The van der Waals surface area contributed by atoms with E-state index in [2.05, 4.69) is 9.88 Å². The SMILES string of the molecule is O=C(O)c1ccc2nc([C@H](CN3CCN(C(=O)c4ccc(Cc5ccc(Cl)cc5Cl)o4)CC3)[C@H]3CCO3)[nH]c2c1. The molecule has 0 aliphatic carbocycles. The minimum atomic E-state index is -0.971. The van der Waals surface area contributed by atoms with Gasteiger partial charge in [0.05, 0.1) is 28.6 Å². The van der Waals surface area contributed by atoms with Gasteiger partial charge in [-0.15, -0.1) is 0 Å². The number of nitrogens with one attached hydrogen (secondary N) is 1. The first-order valence-electron chi connectivity index (χ1n) is 13.2. The van der Waals surface area contributed by atoms with Gasteiger partial charge in [-0.2, -0.15) is 0 Å². The van der Waals surface area contributed by atoms with Gasteiger partial charge in [-0.05, 0) is 54.4 Å². The van der Waals surface area contributed by atoms with Gasteiger partial charge >= 0.3 is 5.97 Å². The Morgan fingerprint density at radius 1 is 1.07 bits per heavy atom. The highest BCUT2D eigenvalue weighted by Crippen LogP contribution is 2.31. The molecule has 2 atom stereocenters. The Balaban J connectivity index is 1.08. The summed E-state index contributed by atoms with van der Waals surface area (Å²) in [5.41, 5.74) is 2.53. The van der Waals surface area contributed by atoms with Crippen LogP contribution in [0.5, 0.6) is 0 Å². The predicted molar refractivity (Wildman–Crippen MR) is 150 cm³/mol. The van der Waals surface area contributed by atoms with Crippen molar-refractivity contribution in [2.24, 2.45) is 0 Å². The molecule has 4 aromatic rings. The van der Waals surface area contributed by atoms with E-state index in [0.29, 0.717) is 59.7 Å². The van der Waals surface area contributed by atoms with Crippen LogP contribution in [0, 0.1) is 0 Å². The average molecular weight is 583 g/mol. The quantitative estimate of drug-likeness (QED) is 0.298. The molecule has 0 saturated carbocycles. The molecule has 0 unspecified atom stereocenters. The molecule has 0 radical (unpaired) electrons. The van der Waals surface area contributed by atoms with Crippen LogP contribution in [0.3, 0.4) is 0 Å². The van der Waals surface area contributed by atoms with Gasteiger partial charge in [0.2, 0.25) is 0 Å². The molecule has 11 heteroatoms. The van der Waals surface area contributed by atoms with E-state index in [4.69, 9.17) is 37.3 Å². The average Bonchev–Trinajstić information content (AvgIpc) is 3.55. The number of carbonyl (C=O) groups is 2. The molecule has 9 nitrogen and oxygen atoms in total. The number of hydrogen-bond donors (Lipinski definition) is 2. The summed E-state index contributed by atoms with van der Waals surface area (Å²) in [5, 5.41) is 10.5. The molecule has 2 aromatic carbocycles. The summed E-state index contributed by atoms with van der Waals surface area (Å²) in [5.74, 6) is 0.696. The molecule has 2 N–H and O–H groups in total. The number of hydrogen-bond acceptors (Lipinski definition) is 6. The summed E-state index contributed by atoms with van der Waals surface area (Å²) in [6.45, 7) is 4.04. The molecule has 2 aliphatic rings. The molecule has 6 rings (SSSR count). The number of carbonyl (C=O) groups excluding carboxylic acids is 1. The van der Waals surface area contributed by atoms with E-state index in [1.54, 1.807) is 36.4 Å². The predicted octanol–water partition coefficient (Wildman–Crippen LogP) is 5.08. The zero-order valence-corrected chi connectivity index (χ0v) is 23.1. The van der Waals surface area contributed by atoms with Gasteiger partial charge in [0, 0.05) is 55.8 Å². The third kappa shape index (κ3) is 5.60. The number of ether oxygens (including phenoxy) is 1. The molecule has 0 bridgehead atoms. The lowest BCUT2D eigenvalue weighted by molar-refractivity contribution is -0.0736. The standard InChI is InChI=1S/C29H28Cl2N4O5/c30-19-3-1-17(22(31)15-19)13-20-4-6-26(40-20)28(36)35-10-8-34(9-11-35)16-21(25-7-12-39-25)27-32-23-5-2-18(29(37)38)14-24(23)33-27/h1-6,14-15,21,25H,7-13,16H2,(H,32,33)(H,37,38)/t21-,25-/m1/s1. The van der Waals surface area contributed by atoms with E-state index in [9.17, 15) is 14.7 Å². The van der Waals surface area contributed by atoms with Gasteiger partial charge in [0.15, 0.2) is 5.76 Å². The number of halogens is 2. The number of aromatic amines is 1.